The summed E-state index contributed by atoms with van der Waals surface area (Å²) < 4.78 is 1.60. The number of halogens is 2. The Morgan fingerprint density at radius 1 is 1.25 bits per heavy atom. The van der Waals surface area contributed by atoms with E-state index in [-0.39, 0.29) is 5.91 Å². The van der Waals surface area contributed by atoms with E-state index in [2.05, 4.69) is 42.2 Å². The minimum Gasteiger partial charge on any atom is -0.361 e. The van der Waals surface area contributed by atoms with Crippen LogP contribution in [-0.4, -0.2) is 25.0 Å². The fourth-order valence-electron chi connectivity index (χ4n) is 1.71. The quantitative estimate of drug-likeness (QED) is 0.851. The summed E-state index contributed by atoms with van der Waals surface area (Å²) in [4.78, 5) is 18.5. The number of carbonyl (C=O) groups is 1. The number of anilines is 2. The first-order valence-corrected chi connectivity index (χ1v) is 7.46. The molecule has 0 fully saturated rings. The van der Waals surface area contributed by atoms with Gasteiger partial charge in [0.15, 0.2) is 5.82 Å². The number of hydrogen-bond acceptors (Lipinski definition) is 3. The summed E-state index contributed by atoms with van der Waals surface area (Å²) in [6.45, 7) is 0. The smallest absolute Gasteiger partial charge is 0.256 e. The molecule has 0 bridgehead atoms. The second kappa shape index (κ2) is 6.37. The zero-order valence-corrected chi connectivity index (χ0v) is 14.2. The average Bonchev–Trinajstić information content (AvgIpc) is 2.41. The molecule has 0 spiro atoms. The molecule has 6 heteroatoms. The summed E-state index contributed by atoms with van der Waals surface area (Å²) in [5.74, 6) is 0.529. The Morgan fingerprint density at radius 3 is 2.70 bits per heavy atom. The topological polar surface area (TPSA) is 45.2 Å². The van der Waals surface area contributed by atoms with E-state index in [1.807, 2.05) is 37.2 Å². The lowest BCUT2D eigenvalue weighted by Gasteiger charge is -2.16. The maximum absolute atomic E-state index is 12.4. The summed E-state index contributed by atoms with van der Waals surface area (Å²) in [5.41, 5.74) is 1.24. The Bertz CT molecular complexity index is 644. The van der Waals surface area contributed by atoms with Gasteiger partial charge in [-0.3, -0.25) is 4.79 Å². The van der Waals surface area contributed by atoms with E-state index in [4.69, 9.17) is 0 Å². The number of benzene rings is 1. The standard InChI is InChI=1S/C14H13Br2N3O/c1-19(2)13-12(4-3-7-17-13)18-14(20)10-8-9(15)5-6-11(10)16/h3-8H,1-2H3,(H,18,20). The molecule has 1 amide bonds. The summed E-state index contributed by atoms with van der Waals surface area (Å²) in [6.07, 6.45) is 1.69. The third kappa shape index (κ3) is 3.37. The zero-order valence-electron chi connectivity index (χ0n) is 11.0. The van der Waals surface area contributed by atoms with E-state index in [9.17, 15) is 4.79 Å². The molecule has 0 saturated carbocycles. The Morgan fingerprint density at radius 2 is 2.00 bits per heavy atom. The molecule has 0 saturated heterocycles. The second-order valence-corrected chi connectivity index (χ2v) is 6.12. The molecule has 1 aromatic heterocycles. The monoisotopic (exact) mass is 397 g/mol. The van der Waals surface area contributed by atoms with Crippen molar-refractivity contribution in [3.05, 3.63) is 51.0 Å². The molecule has 20 heavy (non-hydrogen) atoms. The highest BCUT2D eigenvalue weighted by molar-refractivity contribution is 9.11. The fourth-order valence-corrected chi connectivity index (χ4v) is 2.50. The number of rotatable bonds is 3. The van der Waals surface area contributed by atoms with Gasteiger partial charge in [-0.05, 0) is 46.3 Å². The van der Waals surface area contributed by atoms with Crippen LogP contribution in [0.2, 0.25) is 0 Å². The maximum Gasteiger partial charge on any atom is 0.256 e. The number of aromatic nitrogens is 1. The Balaban J connectivity index is 2.31. The molecule has 2 aromatic rings. The van der Waals surface area contributed by atoms with Crippen molar-refractivity contribution in [2.45, 2.75) is 0 Å². The first-order chi connectivity index (χ1) is 9.49. The van der Waals surface area contributed by atoms with Crippen molar-refractivity contribution < 1.29 is 4.79 Å². The number of carbonyl (C=O) groups excluding carboxylic acids is 1. The lowest BCUT2D eigenvalue weighted by Crippen LogP contribution is -2.18. The predicted molar refractivity (Wildman–Crippen MR) is 88.4 cm³/mol. The van der Waals surface area contributed by atoms with Crippen LogP contribution in [-0.2, 0) is 0 Å². The van der Waals surface area contributed by atoms with Crippen LogP contribution < -0.4 is 10.2 Å². The summed E-state index contributed by atoms with van der Waals surface area (Å²) in [7, 11) is 3.76. The molecule has 1 heterocycles. The predicted octanol–water partition coefficient (Wildman–Crippen LogP) is 3.92. The first kappa shape index (κ1) is 15.0. The molecule has 0 atom stereocenters. The van der Waals surface area contributed by atoms with Gasteiger partial charge >= 0.3 is 0 Å². The average molecular weight is 399 g/mol. The minimum absolute atomic E-state index is 0.186. The van der Waals surface area contributed by atoms with Crippen LogP contribution in [0, 0.1) is 0 Å². The van der Waals surface area contributed by atoms with Gasteiger partial charge in [0, 0.05) is 29.2 Å². The number of nitrogens with zero attached hydrogens (tertiary/aromatic N) is 2. The highest BCUT2D eigenvalue weighted by Gasteiger charge is 2.13. The van der Waals surface area contributed by atoms with Crippen LogP contribution in [0.25, 0.3) is 0 Å². The molecule has 104 valence electrons. The van der Waals surface area contributed by atoms with Gasteiger partial charge in [-0.1, -0.05) is 15.9 Å². The molecular formula is C14H13Br2N3O. The lowest BCUT2D eigenvalue weighted by atomic mass is 10.2. The van der Waals surface area contributed by atoms with Gasteiger partial charge in [0.2, 0.25) is 0 Å². The number of pyridine rings is 1. The van der Waals surface area contributed by atoms with Crippen molar-refractivity contribution in [1.82, 2.24) is 4.98 Å². The molecule has 0 aliphatic heterocycles. The third-order valence-electron chi connectivity index (χ3n) is 2.63. The molecule has 4 nitrogen and oxygen atoms in total. The number of amides is 1. The van der Waals surface area contributed by atoms with E-state index in [0.717, 1.165) is 8.95 Å². The molecule has 0 aliphatic rings. The SMILES string of the molecule is CN(C)c1ncccc1NC(=O)c1cc(Br)ccc1Br. The van der Waals surface area contributed by atoms with E-state index in [0.29, 0.717) is 17.1 Å². The molecular weight excluding hydrogens is 386 g/mol. The van der Waals surface area contributed by atoms with Gasteiger partial charge in [-0.25, -0.2) is 4.98 Å². The van der Waals surface area contributed by atoms with Gasteiger partial charge in [0.1, 0.15) is 0 Å². The van der Waals surface area contributed by atoms with E-state index in [1.165, 1.54) is 0 Å². The van der Waals surface area contributed by atoms with E-state index in [1.54, 1.807) is 18.3 Å². The minimum atomic E-state index is -0.186. The van der Waals surface area contributed by atoms with Crippen molar-refractivity contribution >= 4 is 49.3 Å². The lowest BCUT2D eigenvalue weighted by molar-refractivity contribution is 0.102. The molecule has 2 rings (SSSR count). The highest BCUT2D eigenvalue weighted by Crippen LogP contribution is 2.25. The first-order valence-electron chi connectivity index (χ1n) is 5.88. The molecule has 0 radical (unpaired) electrons. The van der Waals surface area contributed by atoms with Crippen molar-refractivity contribution in [1.29, 1.82) is 0 Å². The molecule has 0 aliphatic carbocycles. The molecule has 0 unspecified atom stereocenters. The van der Waals surface area contributed by atoms with Crippen LogP contribution in [0.4, 0.5) is 11.5 Å². The van der Waals surface area contributed by atoms with Gasteiger partial charge in [-0.2, -0.15) is 0 Å². The Hall–Kier alpha value is -1.40. The summed E-state index contributed by atoms with van der Waals surface area (Å²) in [5, 5.41) is 2.88. The molecule has 1 aromatic carbocycles. The number of nitrogens with one attached hydrogen (secondary N) is 1. The van der Waals surface area contributed by atoms with Crippen LogP contribution in [0.5, 0.6) is 0 Å². The third-order valence-corrected chi connectivity index (χ3v) is 3.82. The van der Waals surface area contributed by atoms with Crippen molar-refractivity contribution in [3.8, 4) is 0 Å². The van der Waals surface area contributed by atoms with Gasteiger partial charge < -0.3 is 10.2 Å². The molecule has 1 N–H and O–H groups in total. The Kier molecular flexibility index (Phi) is 4.77. The maximum atomic E-state index is 12.4. The number of hydrogen-bond donors (Lipinski definition) is 1. The van der Waals surface area contributed by atoms with E-state index >= 15 is 0 Å². The van der Waals surface area contributed by atoms with Crippen LogP contribution >= 0.6 is 31.9 Å². The zero-order chi connectivity index (χ0) is 14.7. The van der Waals surface area contributed by atoms with Crippen LogP contribution in [0.15, 0.2) is 45.5 Å². The van der Waals surface area contributed by atoms with Gasteiger partial charge in [0.25, 0.3) is 5.91 Å². The van der Waals surface area contributed by atoms with Crippen molar-refractivity contribution in [3.63, 3.8) is 0 Å². The van der Waals surface area contributed by atoms with E-state index < -0.39 is 0 Å². The van der Waals surface area contributed by atoms with Gasteiger partial charge in [-0.15, -0.1) is 0 Å². The highest BCUT2D eigenvalue weighted by atomic mass is 79.9. The van der Waals surface area contributed by atoms with Crippen molar-refractivity contribution in [2.24, 2.45) is 0 Å². The normalized spacial score (nSPS) is 10.2. The van der Waals surface area contributed by atoms with Crippen LogP contribution in [0.3, 0.4) is 0 Å². The van der Waals surface area contributed by atoms with Crippen LogP contribution in [0.1, 0.15) is 10.4 Å². The largest absolute Gasteiger partial charge is 0.361 e. The fraction of sp³-hybridized carbons (Fsp3) is 0.143. The van der Waals surface area contributed by atoms with Gasteiger partial charge in [0.05, 0.1) is 11.3 Å². The Labute approximate surface area is 134 Å². The summed E-state index contributed by atoms with van der Waals surface area (Å²) >= 11 is 6.75. The van der Waals surface area contributed by atoms with Crippen molar-refractivity contribution in [2.75, 3.05) is 24.3 Å². The summed E-state index contributed by atoms with van der Waals surface area (Å²) in [6, 6.07) is 9.08. The second-order valence-electron chi connectivity index (χ2n) is 4.35.